The Hall–Kier alpha value is -3.08. The molecule has 5 nitrogen and oxygen atoms in total. The molecule has 2 rings (SSSR count). The molecule has 0 radical (unpaired) electrons. The van der Waals surface area contributed by atoms with Crippen LogP contribution in [0, 0.1) is 0 Å². The van der Waals surface area contributed by atoms with E-state index in [1.54, 1.807) is 12.1 Å². The fraction of sp³-hybridized carbons (Fsp3) is 0.111. The average Bonchev–Trinajstić information content (AvgIpc) is 2.55. The van der Waals surface area contributed by atoms with Crippen molar-refractivity contribution in [2.24, 2.45) is 0 Å². The molecule has 0 bridgehead atoms. The largest absolute Gasteiger partial charge is 0.378 e. The molecule has 0 unspecified atom stereocenters. The zero-order valence-corrected chi connectivity index (χ0v) is 13.1. The molecule has 2 aromatic carbocycles. The Kier molecular flexibility index (Phi) is 5.52. The molecule has 2 aromatic rings. The summed E-state index contributed by atoms with van der Waals surface area (Å²) in [6.45, 7) is 0. The molecular formula is C18H19N3O2. The van der Waals surface area contributed by atoms with Crippen LogP contribution >= 0.6 is 0 Å². The molecule has 0 spiro atoms. The van der Waals surface area contributed by atoms with E-state index in [1.807, 2.05) is 61.5 Å². The predicted octanol–water partition coefficient (Wildman–Crippen LogP) is 3.06. The van der Waals surface area contributed by atoms with Gasteiger partial charge in [0.2, 0.25) is 12.8 Å². The van der Waals surface area contributed by atoms with Crippen LogP contribution in [0.3, 0.4) is 0 Å². The molecule has 2 amide bonds. The summed E-state index contributed by atoms with van der Waals surface area (Å²) in [5.74, 6) is 0. The normalized spacial score (nSPS) is 10.3. The van der Waals surface area contributed by atoms with Gasteiger partial charge in [0, 0.05) is 31.2 Å². The van der Waals surface area contributed by atoms with Crippen LogP contribution in [0.5, 0.6) is 0 Å². The zero-order valence-electron chi connectivity index (χ0n) is 13.1. The smallest absolute Gasteiger partial charge is 0.211 e. The lowest BCUT2D eigenvalue weighted by molar-refractivity contribution is -0.106. The Labute approximate surface area is 135 Å². The summed E-state index contributed by atoms with van der Waals surface area (Å²) in [6, 6.07) is 13.5. The van der Waals surface area contributed by atoms with Crippen molar-refractivity contribution >= 4 is 42.0 Å². The van der Waals surface area contributed by atoms with Gasteiger partial charge in [-0.2, -0.15) is 0 Å². The third-order valence-corrected chi connectivity index (χ3v) is 3.36. The minimum atomic E-state index is 0.599. The van der Waals surface area contributed by atoms with Gasteiger partial charge in [-0.25, -0.2) is 0 Å². The van der Waals surface area contributed by atoms with Crippen molar-refractivity contribution in [3.8, 4) is 0 Å². The lowest BCUT2D eigenvalue weighted by atomic mass is 10.1. The Morgan fingerprint density at radius 1 is 0.870 bits per heavy atom. The summed E-state index contributed by atoms with van der Waals surface area (Å²) in [6.07, 6.45) is 5.10. The summed E-state index contributed by atoms with van der Waals surface area (Å²) in [5.41, 5.74) is 4.30. The molecule has 0 saturated heterocycles. The highest BCUT2D eigenvalue weighted by Gasteiger charge is 2.01. The summed E-state index contributed by atoms with van der Waals surface area (Å²) in [7, 11) is 3.99. The number of carbonyl (C=O) groups is 2. The fourth-order valence-electron chi connectivity index (χ4n) is 2.12. The van der Waals surface area contributed by atoms with E-state index < -0.39 is 0 Å². The molecule has 118 valence electrons. The molecule has 23 heavy (non-hydrogen) atoms. The molecule has 0 heterocycles. The van der Waals surface area contributed by atoms with Gasteiger partial charge in [-0.3, -0.25) is 9.59 Å². The van der Waals surface area contributed by atoms with Crippen LogP contribution in [0.2, 0.25) is 0 Å². The van der Waals surface area contributed by atoms with Crippen LogP contribution in [0.1, 0.15) is 11.1 Å². The number of carbonyl (C=O) groups excluding carboxylic acids is 2. The molecule has 0 aliphatic rings. The molecule has 0 fully saturated rings. The van der Waals surface area contributed by atoms with Crippen LogP contribution in [-0.4, -0.2) is 26.9 Å². The Balaban J connectivity index is 2.23. The van der Waals surface area contributed by atoms with E-state index in [1.165, 1.54) is 0 Å². The number of benzene rings is 2. The van der Waals surface area contributed by atoms with Gasteiger partial charge in [0.15, 0.2) is 0 Å². The van der Waals surface area contributed by atoms with Gasteiger partial charge in [0.25, 0.3) is 0 Å². The SMILES string of the molecule is CN(C)c1ccc(/C=C/c2ccc(NC=O)cc2NC=O)cc1. The highest BCUT2D eigenvalue weighted by molar-refractivity contribution is 5.86. The molecule has 0 aliphatic carbocycles. The van der Waals surface area contributed by atoms with Gasteiger partial charge in [0.1, 0.15) is 0 Å². The molecule has 2 N–H and O–H groups in total. The van der Waals surface area contributed by atoms with E-state index in [4.69, 9.17) is 0 Å². The van der Waals surface area contributed by atoms with Crippen molar-refractivity contribution in [2.45, 2.75) is 0 Å². The first kappa shape index (κ1) is 16.3. The van der Waals surface area contributed by atoms with Crippen molar-refractivity contribution in [1.29, 1.82) is 0 Å². The summed E-state index contributed by atoms with van der Waals surface area (Å²) in [4.78, 5) is 23.3. The zero-order chi connectivity index (χ0) is 16.7. The maximum absolute atomic E-state index is 10.7. The number of nitrogens with one attached hydrogen (secondary N) is 2. The number of hydrogen-bond acceptors (Lipinski definition) is 3. The standard InChI is InChI=1S/C18H19N3O2/c1-21(2)17-9-4-14(5-10-17)3-6-15-7-8-16(19-12-22)11-18(15)20-13-23/h3-13H,1-2H3,(H,19,22)(H,20,23)/b6-3+. The number of anilines is 3. The van der Waals surface area contributed by atoms with Crippen LogP contribution in [0.15, 0.2) is 42.5 Å². The lowest BCUT2D eigenvalue weighted by Gasteiger charge is -2.11. The van der Waals surface area contributed by atoms with Gasteiger partial charge in [0.05, 0.1) is 0 Å². The van der Waals surface area contributed by atoms with E-state index in [0.29, 0.717) is 24.2 Å². The second kappa shape index (κ2) is 7.79. The topological polar surface area (TPSA) is 61.4 Å². The van der Waals surface area contributed by atoms with Gasteiger partial charge >= 0.3 is 0 Å². The van der Waals surface area contributed by atoms with E-state index in [2.05, 4.69) is 10.6 Å². The molecule has 0 aliphatic heterocycles. The lowest BCUT2D eigenvalue weighted by Crippen LogP contribution is -2.07. The van der Waals surface area contributed by atoms with Crippen molar-refractivity contribution in [2.75, 3.05) is 29.6 Å². The molecule has 0 saturated carbocycles. The quantitative estimate of drug-likeness (QED) is 0.610. The number of rotatable bonds is 7. The third-order valence-electron chi connectivity index (χ3n) is 3.36. The summed E-state index contributed by atoms with van der Waals surface area (Å²) in [5, 5.41) is 5.20. The molecule has 0 atom stereocenters. The van der Waals surface area contributed by atoms with Gasteiger partial charge in [-0.05, 0) is 35.4 Å². The first-order chi connectivity index (χ1) is 11.1. The van der Waals surface area contributed by atoms with Crippen LogP contribution < -0.4 is 15.5 Å². The van der Waals surface area contributed by atoms with Crippen molar-refractivity contribution in [1.82, 2.24) is 0 Å². The monoisotopic (exact) mass is 309 g/mol. The van der Waals surface area contributed by atoms with Gasteiger partial charge in [-0.15, -0.1) is 0 Å². The van der Waals surface area contributed by atoms with Crippen molar-refractivity contribution in [3.05, 3.63) is 53.6 Å². The maximum atomic E-state index is 10.7. The molecule has 0 aromatic heterocycles. The third kappa shape index (κ3) is 4.44. The second-order valence-corrected chi connectivity index (χ2v) is 5.15. The minimum absolute atomic E-state index is 0.599. The van der Waals surface area contributed by atoms with Crippen molar-refractivity contribution in [3.63, 3.8) is 0 Å². The maximum Gasteiger partial charge on any atom is 0.211 e. The number of amides is 2. The molecule has 5 heteroatoms. The summed E-state index contributed by atoms with van der Waals surface area (Å²) >= 11 is 0. The van der Waals surface area contributed by atoms with E-state index in [0.717, 1.165) is 16.8 Å². The highest BCUT2D eigenvalue weighted by atomic mass is 16.1. The fourth-order valence-corrected chi connectivity index (χ4v) is 2.12. The number of nitrogens with zero attached hydrogens (tertiary/aromatic N) is 1. The van der Waals surface area contributed by atoms with E-state index in [9.17, 15) is 9.59 Å². The minimum Gasteiger partial charge on any atom is -0.378 e. The van der Waals surface area contributed by atoms with Crippen LogP contribution in [0.25, 0.3) is 12.2 Å². The second-order valence-electron chi connectivity index (χ2n) is 5.15. The Morgan fingerprint density at radius 3 is 2.17 bits per heavy atom. The Bertz CT molecular complexity index is 707. The van der Waals surface area contributed by atoms with Crippen molar-refractivity contribution < 1.29 is 9.59 Å². The highest BCUT2D eigenvalue weighted by Crippen LogP contribution is 2.23. The van der Waals surface area contributed by atoms with E-state index >= 15 is 0 Å². The van der Waals surface area contributed by atoms with Crippen LogP contribution in [-0.2, 0) is 9.59 Å². The average molecular weight is 309 g/mol. The first-order valence-corrected chi connectivity index (χ1v) is 7.14. The molecular weight excluding hydrogens is 290 g/mol. The predicted molar refractivity (Wildman–Crippen MR) is 95.5 cm³/mol. The van der Waals surface area contributed by atoms with Gasteiger partial charge < -0.3 is 15.5 Å². The Morgan fingerprint density at radius 2 is 1.57 bits per heavy atom. The van der Waals surface area contributed by atoms with E-state index in [-0.39, 0.29) is 0 Å². The van der Waals surface area contributed by atoms with Gasteiger partial charge in [-0.1, -0.05) is 30.4 Å². The number of hydrogen-bond donors (Lipinski definition) is 2. The van der Waals surface area contributed by atoms with Crippen LogP contribution in [0.4, 0.5) is 17.1 Å². The first-order valence-electron chi connectivity index (χ1n) is 7.14. The summed E-state index contributed by atoms with van der Waals surface area (Å²) < 4.78 is 0.